The van der Waals surface area contributed by atoms with Crippen molar-refractivity contribution in [3.63, 3.8) is 0 Å². The molecule has 0 aliphatic carbocycles. The number of hydrogen-bond donors (Lipinski definition) is 2. The topological polar surface area (TPSA) is 64.7 Å². The second-order valence-corrected chi connectivity index (χ2v) is 10.5. The molecule has 0 aromatic heterocycles. The van der Waals surface area contributed by atoms with Gasteiger partial charge in [0.1, 0.15) is 0 Å². The second kappa shape index (κ2) is 11.2. The van der Waals surface area contributed by atoms with Crippen LogP contribution < -0.4 is 10.6 Å². The first-order valence-corrected chi connectivity index (χ1v) is 13.2. The van der Waals surface area contributed by atoms with Crippen LogP contribution in [0.2, 0.25) is 0 Å². The van der Waals surface area contributed by atoms with Crippen LogP contribution in [0.15, 0.2) is 78.9 Å². The Morgan fingerprint density at radius 1 is 0.811 bits per heavy atom. The fourth-order valence-corrected chi connectivity index (χ4v) is 5.91. The van der Waals surface area contributed by atoms with E-state index in [1.807, 2.05) is 80.6 Å². The number of nitrogens with zero attached hydrogens (tertiary/aromatic N) is 2. The van der Waals surface area contributed by atoms with E-state index in [2.05, 4.69) is 32.6 Å². The summed E-state index contributed by atoms with van der Waals surface area (Å²) < 4.78 is 0. The average molecular weight is 497 g/mol. The van der Waals surface area contributed by atoms with Gasteiger partial charge >= 0.3 is 6.03 Å². The SMILES string of the molecule is Cc1cccc(C)c1C(=O)N1CC2CN(CC[C@H](NC(=O)Nc3ccccc3)c3ccccc3)CC2C1. The predicted octanol–water partition coefficient (Wildman–Crippen LogP) is 5.26. The van der Waals surface area contributed by atoms with E-state index in [4.69, 9.17) is 0 Å². The lowest BCUT2D eigenvalue weighted by Gasteiger charge is -2.25. The summed E-state index contributed by atoms with van der Waals surface area (Å²) in [4.78, 5) is 30.6. The Hall–Kier alpha value is -3.64. The van der Waals surface area contributed by atoms with Gasteiger partial charge in [0.25, 0.3) is 5.91 Å². The van der Waals surface area contributed by atoms with E-state index in [9.17, 15) is 9.59 Å². The van der Waals surface area contributed by atoms with Gasteiger partial charge in [0, 0.05) is 44.0 Å². The summed E-state index contributed by atoms with van der Waals surface area (Å²) in [5, 5.41) is 6.12. The molecule has 2 aliphatic heterocycles. The van der Waals surface area contributed by atoms with Crippen molar-refractivity contribution in [3.8, 4) is 0 Å². The number of rotatable bonds is 7. The number of carbonyl (C=O) groups is 2. The monoisotopic (exact) mass is 496 g/mol. The summed E-state index contributed by atoms with van der Waals surface area (Å²) in [5.74, 6) is 1.20. The van der Waals surface area contributed by atoms with Crippen LogP contribution in [0.5, 0.6) is 0 Å². The minimum atomic E-state index is -0.195. The summed E-state index contributed by atoms with van der Waals surface area (Å²) in [5.41, 5.74) is 4.86. The summed E-state index contributed by atoms with van der Waals surface area (Å²) in [6.07, 6.45) is 0.830. The first-order valence-electron chi connectivity index (χ1n) is 13.2. The Bertz CT molecular complexity index is 1200. The molecule has 37 heavy (non-hydrogen) atoms. The van der Waals surface area contributed by atoms with Gasteiger partial charge in [0.2, 0.25) is 0 Å². The van der Waals surface area contributed by atoms with Crippen molar-refractivity contribution in [1.82, 2.24) is 15.1 Å². The molecule has 3 aromatic rings. The quantitative estimate of drug-likeness (QED) is 0.469. The van der Waals surface area contributed by atoms with Crippen LogP contribution in [0.25, 0.3) is 0 Å². The third kappa shape index (κ3) is 5.86. The largest absolute Gasteiger partial charge is 0.338 e. The third-order valence-corrected chi connectivity index (χ3v) is 7.82. The van der Waals surface area contributed by atoms with Gasteiger partial charge in [-0.25, -0.2) is 4.79 Å². The molecule has 2 aliphatic rings. The molecule has 3 atom stereocenters. The number of benzene rings is 3. The fourth-order valence-electron chi connectivity index (χ4n) is 5.91. The molecule has 2 unspecified atom stereocenters. The summed E-state index contributed by atoms with van der Waals surface area (Å²) in [7, 11) is 0. The first-order chi connectivity index (χ1) is 18.0. The molecule has 0 bridgehead atoms. The number of hydrogen-bond acceptors (Lipinski definition) is 3. The van der Waals surface area contributed by atoms with Crippen molar-refractivity contribution < 1.29 is 9.59 Å². The minimum Gasteiger partial charge on any atom is -0.338 e. The van der Waals surface area contributed by atoms with Crippen molar-refractivity contribution in [3.05, 3.63) is 101 Å². The number of fused-ring (bicyclic) bond motifs is 1. The van der Waals surface area contributed by atoms with Gasteiger partial charge in [0.15, 0.2) is 0 Å². The average Bonchev–Trinajstić information content (AvgIpc) is 3.47. The highest BCUT2D eigenvalue weighted by molar-refractivity contribution is 5.97. The number of carbonyl (C=O) groups excluding carboxylic acids is 2. The normalized spacial score (nSPS) is 19.9. The molecule has 5 rings (SSSR count). The van der Waals surface area contributed by atoms with E-state index < -0.39 is 0 Å². The van der Waals surface area contributed by atoms with Crippen LogP contribution in [0, 0.1) is 25.7 Å². The predicted molar refractivity (Wildman–Crippen MR) is 148 cm³/mol. The maximum Gasteiger partial charge on any atom is 0.319 e. The molecule has 2 N–H and O–H groups in total. The third-order valence-electron chi connectivity index (χ3n) is 7.82. The molecule has 2 saturated heterocycles. The Kier molecular flexibility index (Phi) is 7.56. The van der Waals surface area contributed by atoms with Gasteiger partial charge in [0.05, 0.1) is 6.04 Å². The molecule has 6 nitrogen and oxygen atoms in total. The van der Waals surface area contributed by atoms with E-state index in [0.29, 0.717) is 11.8 Å². The molecular formula is C31H36N4O2. The van der Waals surface area contributed by atoms with Crippen molar-refractivity contribution in [2.75, 3.05) is 38.0 Å². The van der Waals surface area contributed by atoms with E-state index in [1.54, 1.807) is 0 Å². The Morgan fingerprint density at radius 3 is 2.03 bits per heavy atom. The first kappa shape index (κ1) is 25.0. The summed E-state index contributed by atoms with van der Waals surface area (Å²) >= 11 is 0. The lowest BCUT2D eigenvalue weighted by Crippen LogP contribution is -2.36. The Morgan fingerprint density at radius 2 is 1.41 bits per heavy atom. The van der Waals surface area contributed by atoms with Crippen LogP contribution in [0.3, 0.4) is 0 Å². The Balaban J connectivity index is 1.17. The summed E-state index contributed by atoms with van der Waals surface area (Å²) in [6.45, 7) is 8.61. The summed E-state index contributed by atoms with van der Waals surface area (Å²) in [6, 6.07) is 25.5. The van der Waals surface area contributed by atoms with Crippen LogP contribution in [0.4, 0.5) is 10.5 Å². The molecule has 192 valence electrons. The smallest absolute Gasteiger partial charge is 0.319 e. The number of nitrogens with one attached hydrogen (secondary N) is 2. The molecule has 2 fully saturated rings. The zero-order valence-corrected chi connectivity index (χ0v) is 21.7. The number of amides is 3. The molecule has 0 radical (unpaired) electrons. The van der Waals surface area contributed by atoms with Crippen LogP contribution in [-0.2, 0) is 0 Å². The Labute approximate surface area is 219 Å². The molecule has 2 heterocycles. The number of urea groups is 1. The number of likely N-dealkylation sites (tertiary alicyclic amines) is 2. The highest BCUT2D eigenvalue weighted by Gasteiger charge is 2.42. The minimum absolute atomic E-state index is 0.0764. The van der Waals surface area contributed by atoms with Crippen LogP contribution in [0.1, 0.15) is 39.5 Å². The second-order valence-electron chi connectivity index (χ2n) is 10.5. The van der Waals surface area contributed by atoms with E-state index in [1.165, 1.54) is 0 Å². The molecule has 3 amide bonds. The maximum absolute atomic E-state index is 13.3. The van der Waals surface area contributed by atoms with Crippen molar-refractivity contribution in [1.29, 1.82) is 0 Å². The number of anilines is 1. The number of para-hydroxylation sites is 1. The molecule has 0 saturated carbocycles. The van der Waals surface area contributed by atoms with Crippen molar-refractivity contribution >= 4 is 17.6 Å². The lowest BCUT2D eigenvalue weighted by atomic mass is 10.0. The molecule has 6 heteroatoms. The molecule has 3 aromatic carbocycles. The van der Waals surface area contributed by atoms with Crippen LogP contribution >= 0.6 is 0 Å². The lowest BCUT2D eigenvalue weighted by molar-refractivity contribution is 0.0772. The molecular weight excluding hydrogens is 460 g/mol. The zero-order valence-electron chi connectivity index (χ0n) is 21.7. The fraction of sp³-hybridized carbons (Fsp3) is 0.355. The van der Waals surface area contributed by atoms with Gasteiger partial charge in [-0.3, -0.25) is 4.79 Å². The standard InChI is InChI=1S/C31H36N4O2/c1-22-10-9-11-23(2)29(22)30(36)35-20-25-18-34(19-26(25)21-35)17-16-28(24-12-5-3-6-13-24)33-31(37)32-27-14-7-4-8-15-27/h3-15,25-26,28H,16-21H2,1-2H3,(H2,32,33,37)/t25?,26?,28-/m0/s1. The highest BCUT2D eigenvalue weighted by atomic mass is 16.2. The van der Waals surface area contributed by atoms with Gasteiger partial charge < -0.3 is 20.4 Å². The van der Waals surface area contributed by atoms with E-state index in [-0.39, 0.29) is 18.0 Å². The van der Waals surface area contributed by atoms with Gasteiger partial charge in [-0.1, -0.05) is 66.7 Å². The zero-order chi connectivity index (χ0) is 25.8. The van der Waals surface area contributed by atoms with Crippen LogP contribution in [-0.4, -0.2) is 54.5 Å². The maximum atomic E-state index is 13.3. The van der Waals surface area contributed by atoms with Gasteiger partial charge in [-0.05, 0) is 60.9 Å². The highest BCUT2D eigenvalue weighted by Crippen LogP contribution is 2.33. The molecule has 0 spiro atoms. The van der Waals surface area contributed by atoms with E-state index >= 15 is 0 Å². The van der Waals surface area contributed by atoms with E-state index in [0.717, 1.165) is 67.1 Å². The van der Waals surface area contributed by atoms with Gasteiger partial charge in [-0.15, -0.1) is 0 Å². The van der Waals surface area contributed by atoms with Crippen molar-refractivity contribution in [2.45, 2.75) is 26.3 Å². The number of aryl methyl sites for hydroxylation is 2. The van der Waals surface area contributed by atoms with Gasteiger partial charge in [-0.2, -0.15) is 0 Å². The van der Waals surface area contributed by atoms with Crippen molar-refractivity contribution in [2.24, 2.45) is 11.8 Å².